The van der Waals surface area contributed by atoms with E-state index in [0.29, 0.717) is 17.2 Å². The van der Waals surface area contributed by atoms with Crippen LogP contribution in [0.2, 0.25) is 0 Å². The fraction of sp³-hybridized carbons (Fsp3) is 0.467. The van der Waals surface area contributed by atoms with Gasteiger partial charge in [-0.15, -0.1) is 11.3 Å². The minimum absolute atomic E-state index is 0.130. The summed E-state index contributed by atoms with van der Waals surface area (Å²) in [5.41, 5.74) is 2.11. The van der Waals surface area contributed by atoms with Gasteiger partial charge in [-0.1, -0.05) is 0 Å². The summed E-state index contributed by atoms with van der Waals surface area (Å²) >= 11 is 1.32. The third-order valence-electron chi connectivity index (χ3n) is 3.76. The summed E-state index contributed by atoms with van der Waals surface area (Å²) in [7, 11) is 0. The van der Waals surface area contributed by atoms with Crippen LogP contribution in [0.15, 0.2) is 24.1 Å². The molecule has 6 nitrogen and oxygen atoms in total. The number of rotatable bonds is 4. The van der Waals surface area contributed by atoms with Crippen molar-refractivity contribution in [3.63, 3.8) is 0 Å². The van der Waals surface area contributed by atoms with E-state index < -0.39 is 0 Å². The first-order valence-electron chi connectivity index (χ1n) is 7.29. The Bertz CT molecular complexity index is 622. The van der Waals surface area contributed by atoms with Crippen LogP contribution in [0.5, 0.6) is 0 Å². The standard InChI is InChI=1S/C15H18N4O2S/c1-15(4-2-3-5-21-15)14-18-7-11(8-19-14)6-17-13(20)12-9-16-10-22-12/h7-10H,2-6H2,1H3,(H,17,20)/t15-/m0/s1. The number of aromatic nitrogens is 3. The van der Waals surface area contributed by atoms with Crippen LogP contribution in [0.25, 0.3) is 0 Å². The van der Waals surface area contributed by atoms with Gasteiger partial charge >= 0.3 is 0 Å². The molecule has 3 rings (SSSR count). The summed E-state index contributed by atoms with van der Waals surface area (Å²) in [5.74, 6) is 0.582. The molecule has 0 radical (unpaired) electrons. The number of ether oxygens (including phenoxy) is 1. The largest absolute Gasteiger partial charge is 0.367 e. The predicted octanol–water partition coefficient (Wildman–Crippen LogP) is 2.28. The molecule has 1 aliphatic heterocycles. The van der Waals surface area contributed by atoms with Gasteiger partial charge in [-0.25, -0.2) is 9.97 Å². The van der Waals surface area contributed by atoms with Gasteiger partial charge in [0.15, 0.2) is 5.82 Å². The molecular weight excluding hydrogens is 300 g/mol. The van der Waals surface area contributed by atoms with Crippen LogP contribution >= 0.6 is 11.3 Å². The molecule has 2 aromatic rings. The van der Waals surface area contributed by atoms with Gasteiger partial charge in [-0.3, -0.25) is 9.78 Å². The molecule has 1 amide bonds. The normalized spacial score (nSPS) is 21.5. The highest BCUT2D eigenvalue weighted by molar-refractivity contribution is 7.11. The molecule has 0 spiro atoms. The monoisotopic (exact) mass is 318 g/mol. The number of hydrogen-bond acceptors (Lipinski definition) is 6. The van der Waals surface area contributed by atoms with Gasteiger partial charge < -0.3 is 10.1 Å². The molecule has 1 atom stereocenters. The van der Waals surface area contributed by atoms with Gasteiger partial charge in [0.25, 0.3) is 5.91 Å². The van der Waals surface area contributed by atoms with Crippen molar-refractivity contribution in [3.05, 3.63) is 40.4 Å². The first-order valence-corrected chi connectivity index (χ1v) is 8.17. The van der Waals surface area contributed by atoms with Crippen LogP contribution in [0.1, 0.15) is 47.2 Å². The number of nitrogens with one attached hydrogen (secondary N) is 1. The molecule has 0 aliphatic carbocycles. The Morgan fingerprint density at radius 3 is 2.82 bits per heavy atom. The molecule has 7 heteroatoms. The van der Waals surface area contributed by atoms with E-state index in [0.717, 1.165) is 31.4 Å². The lowest BCUT2D eigenvalue weighted by molar-refractivity contribution is -0.0760. The van der Waals surface area contributed by atoms with E-state index in [1.54, 1.807) is 24.1 Å². The average Bonchev–Trinajstić information content (AvgIpc) is 3.08. The summed E-state index contributed by atoms with van der Waals surface area (Å²) in [6.45, 7) is 3.19. The van der Waals surface area contributed by atoms with Crippen LogP contribution in [0.4, 0.5) is 0 Å². The number of hydrogen-bond donors (Lipinski definition) is 1. The van der Waals surface area contributed by atoms with Gasteiger partial charge in [0.1, 0.15) is 10.5 Å². The Morgan fingerprint density at radius 2 is 2.18 bits per heavy atom. The first-order chi connectivity index (χ1) is 10.7. The van der Waals surface area contributed by atoms with Crippen molar-refractivity contribution in [1.29, 1.82) is 0 Å². The van der Waals surface area contributed by atoms with Crippen LogP contribution in [0.3, 0.4) is 0 Å². The Morgan fingerprint density at radius 1 is 1.36 bits per heavy atom. The van der Waals surface area contributed by atoms with E-state index in [1.807, 2.05) is 6.92 Å². The van der Waals surface area contributed by atoms with E-state index in [1.165, 1.54) is 11.3 Å². The maximum absolute atomic E-state index is 11.8. The van der Waals surface area contributed by atoms with E-state index in [2.05, 4.69) is 20.3 Å². The Kier molecular flexibility index (Phi) is 4.44. The summed E-state index contributed by atoms with van der Waals surface area (Å²) in [6, 6.07) is 0. The van der Waals surface area contributed by atoms with Crippen LogP contribution in [-0.2, 0) is 16.9 Å². The molecule has 0 bridgehead atoms. The fourth-order valence-electron chi connectivity index (χ4n) is 2.43. The molecule has 1 N–H and O–H groups in total. The van der Waals surface area contributed by atoms with Crippen molar-refractivity contribution in [2.45, 2.75) is 38.3 Å². The number of thiazole rings is 1. The summed E-state index contributed by atoms with van der Waals surface area (Å²) in [5, 5.41) is 2.83. The molecule has 116 valence electrons. The van der Waals surface area contributed by atoms with E-state index in [9.17, 15) is 4.79 Å². The second-order valence-electron chi connectivity index (χ2n) is 5.50. The Labute approximate surface area is 133 Å². The molecule has 2 aromatic heterocycles. The van der Waals surface area contributed by atoms with Crippen molar-refractivity contribution in [2.75, 3.05) is 6.61 Å². The van der Waals surface area contributed by atoms with Gasteiger partial charge in [-0.05, 0) is 26.2 Å². The zero-order chi connectivity index (χ0) is 15.4. The molecule has 22 heavy (non-hydrogen) atoms. The van der Waals surface area contributed by atoms with Gasteiger partial charge in [0, 0.05) is 31.1 Å². The van der Waals surface area contributed by atoms with Crippen molar-refractivity contribution in [1.82, 2.24) is 20.3 Å². The number of amides is 1. The number of carbonyl (C=O) groups excluding carboxylic acids is 1. The zero-order valence-electron chi connectivity index (χ0n) is 12.4. The maximum atomic E-state index is 11.8. The van der Waals surface area contributed by atoms with Crippen molar-refractivity contribution in [2.24, 2.45) is 0 Å². The molecule has 1 aliphatic rings. The maximum Gasteiger partial charge on any atom is 0.263 e. The molecule has 0 saturated carbocycles. The van der Waals surface area contributed by atoms with E-state index in [4.69, 9.17) is 4.74 Å². The van der Waals surface area contributed by atoms with Crippen molar-refractivity contribution < 1.29 is 9.53 Å². The molecule has 1 fully saturated rings. The molecule has 1 saturated heterocycles. The van der Waals surface area contributed by atoms with Gasteiger partial charge in [-0.2, -0.15) is 0 Å². The molecule has 0 unspecified atom stereocenters. The molecule has 0 aromatic carbocycles. The quantitative estimate of drug-likeness (QED) is 0.936. The van der Waals surface area contributed by atoms with E-state index in [-0.39, 0.29) is 11.5 Å². The van der Waals surface area contributed by atoms with Crippen LogP contribution in [-0.4, -0.2) is 27.5 Å². The average molecular weight is 318 g/mol. The predicted molar refractivity (Wildman–Crippen MR) is 82.5 cm³/mol. The van der Waals surface area contributed by atoms with Crippen LogP contribution in [0, 0.1) is 0 Å². The number of carbonyl (C=O) groups is 1. The smallest absolute Gasteiger partial charge is 0.263 e. The third kappa shape index (κ3) is 3.31. The second-order valence-corrected chi connectivity index (χ2v) is 6.39. The highest BCUT2D eigenvalue weighted by atomic mass is 32.1. The SMILES string of the molecule is C[C@@]1(c2ncc(CNC(=O)c3cncs3)cn2)CCCCO1. The second kappa shape index (κ2) is 6.50. The van der Waals surface area contributed by atoms with Gasteiger partial charge in [0.2, 0.25) is 0 Å². The minimum atomic E-state index is -0.386. The first kappa shape index (κ1) is 15.1. The minimum Gasteiger partial charge on any atom is -0.367 e. The highest BCUT2D eigenvalue weighted by Crippen LogP contribution is 2.32. The van der Waals surface area contributed by atoms with Crippen molar-refractivity contribution >= 4 is 17.2 Å². The molecule has 3 heterocycles. The Balaban J connectivity index is 1.61. The lowest BCUT2D eigenvalue weighted by Crippen LogP contribution is -2.32. The van der Waals surface area contributed by atoms with Crippen LogP contribution < -0.4 is 5.32 Å². The van der Waals surface area contributed by atoms with Crippen molar-refractivity contribution in [3.8, 4) is 0 Å². The Hall–Kier alpha value is -1.86. The summed E-state index contributed by atoms with van der Waals surface area (Å²) < 4.78 is 5.84. The molecular formula is C15H18N4O2S. The zero-order valence-corrected chi connectivity index (χ0v) is 13.2. The highest BCUT2D eigenvalue weighted by Gasteiger charge is 2.32. The van der Waals surface area contributed by atoms with E-state index >= 15 is 0 Å². The van der Waals surface area contributed by atoms with Gasteiger partial charge in [0.05, 0.1) is 11.7 Å². The lowest BCUT2D eigenvalue weighted by atomic mass is 9.95. The topological polar surface area (TPSA) is 77.0 Å². The number of nitrogens with zero attached hydrogens (tertiary/aromatic N) is 3. The summed E-state index contributed by atoms with van der Waals surface area (Å²) in [4.78, 5) is 25.2. The summed E-state index contributed by atoms with van der Waals surface area (Å²) in [6.07, 6.45) is 8.22. The fourth-order valence-corrected chi connectivity index (χ4v) is 2.96. The lowest BCUT2D eigenvalue weighted by Gasteiger charge is -2.32. The third-order valence-corrected chi connectivity index (χ3v) is 4.53.